The van der Waals surface area contributed by atoms with Gasteiger partial charge in [-0.1, -0.05) is 170 Å². The third-order valence-corrected chi connectivity index (χ3v) is 13.4. The van der Waals surface area contributed by atoms with Crippen LogP contribution in [-0.2, 0) is 5.41 Å². The normalized spacial score (nSPS) is 13.0. The Labute approximate surface area is 353 Å². The second-order valence-electron chi connectivity index (χ2n) is 16.4. The molecule has 0 fully saturated rings. The van der Waals surface area contributed by atoms with Gasteiger partial charge in [-0.05, 0) is 111 Å². The summed E-state index contributed by atoms with van der Waals surface area (Å²) in [5, 5.41) is 7.47. The highest BCUT2D eigenvalue weighted by Crippen LogP contribution is 2.57. The number of aromatic nitrogens is 2. The van der Waals surface area contributed by atoms with Crippen LogP contribution in [0.25, 0.3) is 88.0 Å². The number of nitrogens with zero attached hydrogens (tertiary/aromatic N) is 2. The molecular formula is C59H38N2. The average molecular weight is 775 g/mol. The van der Waals surface area contributed by atoms with Crippen molar-refractivity contribution in [2.24, 2.45) is 0 Å². The van der Waals surface area contributed by atoms with Crippen LogP contribution in [0.15, 0.2) is 231 Å². The van der Waals surface area contributed by atoms with Gasteiger partial charge in [0, 0.05) is 32.6 Å². The molecule has 61 heavy (non-hydrogen) atoms. The molecule has 2 nitrogen and oxygen atoms in total. The summed E-state index contributed by atoms with van der Waals surface area (Å²) in [6, 6.07) is 85.4. The highest BCUT2D eigenvalue weighted by molar-refractivity contribution is 6.14. The SMILES string of the molecule is c1ccc(-n2c3ccc(-c4ccc5c(c4)c4ccccc4n5-c4cccc5ccccc45)cc3c3cc4c(cc32)-c2ccccc2C4(c2ccccc2)c2ccccc2)cc1. The fraction of sp³-hybridized carbons (Fsp3) is 0.0169. The van der Waals surface area contributed by atoms with Gasteiger partial charge >= 0.3 is 0 Å². The van der Waals surface area contributed by atoms with E-state index in [0.717, 1.165) is 5.69 Å². The van der Waals surface area contributed by atoms with Crippen molar-refractivity contribution in [1.82, 2.24) is 9.13 Å². The maximum Gasteiger partial charge on any atom is 0.0713 e. The van der Waals surface area contributed by atoms with E-state index in [9.17, 15) is 0 Å². The molecule has 0 unspecified atom stereocenters. The highest BCUT2D eigenvalue weighted by atomic mass is 15.0. The molecule has 2 aromatic heterocycles. The minimum atomic E-state index is -0.481. The molecule has 13 rings (SSSR count). The lowest BCUT2D eigenvalue weighted by atomic mass is 9.67. The first-order chi connectivity index (χ1) is 30.3. The Morgan fingerprint density at radius 3 is 1.57 bits per heavy atom. The highest BCUT2D eigenvalue weighted by Gasteiger charge is 2.46. The minimum Gasteiger partial charge on any atom is -0.309 e. The van der Waals surface area contributed by atoms with E-state index in [2.05, 4.69) is 240 Å². The molecule has 10 aromatic carbocycles. The lowest BCUT2D eigenvalue weighted by Gasteiger charge is -2.34. The second kappa shape index (κ2) is 13.0. The van der Waals surface area contributed by atoms with Gasteiger partial charge in [0.1, 0.15) is 0 Å². The molecule has 1 aliphatic carbocycles. The van der Waals surface area contributed by atoms with Gasteiger partial charge in [0.2, 0.25) is 0 Å². The summed E-state index contributed by atoms with van der Waals surface area (Å²) < 4.78 is 4.90. The Morgan fingerprint density at radius 1 is 0.295 bits per heavy atom. The average Bonchev–Trinajstić information content (AvgIpc) is 3.94. The maximum atomic E-state index is 2.53. The van der Waals surface area contributed by atoms with E-state index in [1.165, 1.54) is 105 Å². The van der Waals surface area contributed by atoms with E-state index < -0.39 is 5.41 Å². The van der Waals surface area contributed by atoms with Crippen molar-refractivity contribution in [3.05, 3.63) is 253 Å². The van der Waals surface area contributed by atoms with Crippen molar-refractivity contribution in [3.8, 4) is 33.6 Å². The molecule has 0 atom stereocenters. The molecule has 0 saturated carbocycles. The number of para-hydroxylation sites is 2. The second-order valence-corrected chi connectivity index (χ2v) is 16.4. The summed E-state index contributed by atoms with van der Waals surface area (Å²) in [5.74, 6) is 0. The fourth-order valence-corrected chi connectivity index (χ4v) is 10.8. The van der Waals surface area contributed by atoms with Crippen LogP contribution in [0, 0.1) is 0 Å². The molecule has 2 heteroatoms. The summed E-state index contributed by atoms with van der Waals surface area (Å²) in [6.07, 6.45) is 0. The van der Waals surface area contributed by atoms with Crippen LogP contribution in [-0.4, -0.2) is 9.13 Å². The lowest BCUT2D eigenvalue weighted by molar-refractivity contribution is 0.769. The number of hydrogen-bond donors (Lipinski definition) is 0. The van der Waals surface area contributed by atoms with E-state index in [4.69, 9.17) is 0 Å². The predicted molar refractivity (Wildman–Crippen MR) is 255 cm³/mol. The zero-order valence-electron chi connectivity index (χ0n) is 33.3. The zero-order chi connectivity index (χ0) is 40.1. The molecule has 1 aliphatic rings. The molecule has 0 aliphatic heterocycles. The van der Waals surface area contributed by atoms with Crippen molar-refractivity contribution in [1.29, 1.82) is 0 Å². The van der Waals surface area contributed by atoms with Crippen molar-refractivity contribution in [2.75, 3.05) is 0 Å². The minimum absolute atomic E-state index is 0.481. The first-order valence-corrected chi connectivity index (χ1v) is 21.2. The number of fused-ring (bicyclic) bond motifs is 10. The lowest BCUT2D eigenvalue weighted by Crippen LogP contribution is -2.28. The van der Waals surface area contributed by atoms with Crippen LogP contribution in [0.4, 0.5) is 0 Å². The predicted octanol–water partition coefficient (Wildman–Crippen LogP) is 15.1. The Balaban J connectivity index is 1.08. The van der Waals surface area contributed by atoms with Crippen molar-refractivity contribution >= 4 is 54.4 Å². The number of benzene rings is 10. The summed E-state index contributed by atoms with van der Waals surface area (Å²) in [5.41, 5.74) is 16.8. The Morgan fingerprint density at radius 2 is 0.836 bits per heavy atom. The molecule has 0 bridgehead atoms. The van der Waals surface area contributed by atoms with Crippen molar-refractivity contribution in [2.45, 2.75) is 5.41 Å². The molecule has 0 spiro atoms. The molecule has 0 radical (unpaired) electrons. The molecule has 12 aromatic rings. The smallest absolute Gasteiger partial charge is 0.0713 e. The molecular weight excluding hydrogens is 737 g/mol. The van der Waals surface area contributed by atoms with Crippen molar-refractivity contribution < 1.29 is 0 Å². The summed E-state index contributed by atoms with van der Waals surface area (Å²) >= 11 is 0. The van der Waals surface area contributed by atoms with Gasteiger partial charge < -0.3 is 9.13 Å². The van der Waals surface area contributed by atoms with Gasteiger partial charge in [0.15, 0.2) is 0 Å². The molecule has 0 amide bonds. The van der Waals surface area contributed by atoms with Crippen LogP contribution in [0.3, 0.4) is 0 Å². The Kier molecular flexibility index (Phi) is 7.26. The zero-order valence-corrected chi connectivity index (χ0v) is 33.3. The number of rotatable bonds is 5. The van der Waals surface area contributed by atoms with Gasteiger partial charge in [0.05, 0.1) is 33.2 Å². The first kappa shape index (κ1) is 34.0. The van der Waals surface area contributed by atoms with Crippen LogP contribution in [0.2, 0.25) is 0 Å². The van der Waals surface area contributed by atoms with Gasteiger partial charge in [0.25, 0.3) is 0 Å². The van der Waals surface area contributed by atoms with E-state index >= 15 is 0 Å². The Hall–Kier alpha value is -7.94. The quantitative estimate of drug-likeness (QED) is 0.165. The third-order valence-electron chi connectivity index (χ3n) is 13.4. The van der Waals surface area contributed by atoms with Gasteiger partial charge in [-0.25, -0.2) is 0 Å². The Bertz CT molecular complexity index is 3640. The van der Waals surface area contributed by atoms with Crippen LogP contribution < -0.4 is 0 Å². The molecule has 0 saturated heterocycles. The standard InChI is InChI=1S/C59H38N2/c1-4-19-42(20-5-1)59(43-21-6-2-7-22-43)52-28-14-12-26-46(52)48-38-58-51(37-53(48)59)50-36-41(31-33-56(50)60(58)44-23-8-3-9-24-44)40-32-34-57-49(35-40)47-27-13-15-29-55(47)61(57)54-30-16-18-39-17-10-11-25-45(39)54/h1-38H. The third kappa shape index (κ3) is 4.79. The summed E-state index contributed by atoms with van der Waals surface area (Å²) in [4.78, 5) is 0. The largest absolute Gasteiger partial charge is 0.309 e. The van der Waals surface area contributed by atoms with Gasteiger partial charge in [-0.15, -0.1) is 0 Å². The van der Waals surface area contributed by atoms with E-state index in [-0.39, 0.29) is 0 Å². The van der Waals surface area contributed by atoms with Gasteiger partial charge in [-0.2, -0.15) is 0 Å². The fourth-order valence-electron chi connectivity index (χ4n) is 10.8. The molecule has 0 N–H and O–H groups in total. The molecule has 2 heterocycles. The van der Waals surface area contributed by atoms with E-state index in [1.54, 1.807) is 0 Å². The summed E-state index contributed by atoms with van der Waals surface area (Å²) in [6.45, 7) is 0. The number of hydrogen-bond acceptors (Lipinski definition) is 0. The summed E-state index contributed by atoms with van der Waals surface area (Å²) in [7, 11) is 0. The van der Waals surface area contributed by atoms with Crippen molar-refractivity contribution in [3.63, 3.8) is 0 Å². The first-order valence-electron chi connectivity index (χ1n) is 21.2. The van der Waals surface area contributed by atoms with E-state index in [1.807, 2.05) is 0 Å². The monoisotopic (exact) mass is 774 g/mol. The topological polar surface area (TPSA) is 9.86 Å². The van der Waals surface area contributed by atoms with Gasteiger partial charge in [-0.3, -0.25) is 0 Å². The van der Waals surface area contributed by atoms with Crippen LogP contribution in [0.1, 0.15) is 22.3 Å². The van der Waals surface area contributed by atoms with Crippen LogP contribution in [0.5, 0.6) is 0 Å². The molecule has 284 valence electrons. The van der Waals surface area contributed by atoms with E-state index in [0.29, 0.717) is 0 Å². The maximum absolute atomic E-state index is 2.53. The van der Waals surface area contributed by atoms with Crippen LogP contribution >= 0.6 is 0 Å².